The minimum absolute atomic E-state index is 0.0639. The summed E-state index contributed by atoms with van der Waals surface area (Å²) in [5, 5.41) is 14.9. The average molecular weight is 318 g/mol. The molecule has 124 valence electrons. The first kappa shape index (κ1) is 17.0. The lowest BCUT2D eigenvalue weighted by Gasteiger charge is -2.29. The molecule has 0 fully saturated rings. The first-order chi connectivity index (χ1) is 10.9. The minimum Gasteiger partial charge on any atom is -0.481 e. The van der Waals surface area contributed by atoms with Crippen molar-refractivity contribution >= 4 is 23.5 Å². The van der Waals surface area contributed by atoms with Crippen molar-refractivity contribution in [1.82, 2.24) is 5.32 Å². The van der Waals surface area contributed by atoms with E-state index in [0.29, 0.717) is 18.5 Å². The Morgan fingerprint density at radius 1 is 1.30 bits per heavy atom. The van der Waals surface area contributed by atoms with E-state index >= 15 is 0 Å². The number of fused-ring (bicyclic) bond motifs is 1. The maximum Gasteiger partial charge on any atom is 0.311 e. The van der Waals surface area contributed by atoms with Crippen LogP contribution in [0.15, 0.2) is 24.3 Å². The van der Waals surface area contributed by atoms with Gasteiger partial charge in [-0.1, -0.05) is 32.0 Å². The number of para-hydroxylation sites is 1. The number of anilines is 1. The number of carboxylic acid groups (broad SMARTS) is 1. The van der Waals surface area contributed by atoms with E-state index in [-0.39, 0.29) is 24.8 Å². The third-order valence-corrected chi connectivity index (χ3v) is 4.72. The second-order valence-corrected chi connectivity index (χ2v) is 5.90. The Bertz CT molecular complexity index is 623. The van der Waals surface area contributed by atoms with Crippen LogP contribution in [0.3, 0.4) is 0 Å². The van der Waals surface area contributed by atoms with Gasteiger partial charge in [0.25, 0.3) is 0 Å². The molecule has 0 bridgehead atoms. The quantitative estimate of drug-likeness (QED) is 0.748. The van der Waals surface area contributed by atoms with Crippen LogP contribution in [0, 0.1) is 5.41 Å². The largest absolute Gasteiger partial charge is 0.481 e. The number of hydrogen-bond acceptors (Lipinski definition) is 3. The summed E-state index contributed by atoms with van der Waals surface area (Å²) in [5.41, 5.74) is 0.435. The fourth-order valence-corrected chi connectivity index (χ4v) is 2.90. The highest BCUT2D eigenvalue weighted by molar-refractivity contribution is 6.01. The summed E-state index contributed by atoms with van der Waals surface area (Å²) in [6.07, 6.45) is 0.933. The first-order valence-corrected chi connectivity index (χ1v) is 7.83. The molecule has 1 aliphatic heterocycles. The number of carboxylic acids is 1. The third-order valence-electron chi connectivity index (χ3n) is 4.72. The standard InChI is InChI=1S/C17H22N2O4/c1-3-17(4-2,16(22)23)10-18-15(21)12-9-14(20)19-13-8-6-5-7-11(12)13/h5-8,12H,3-4,9-10H2,1-2H3,(H,18,21)(H,19,20)(H,22,23). The van der Waals surface area contributed by atoms with Crippen molar-refractivity contribution < 1.29 is 19.5 Å². The second kappa shape index (κ2) is 6.81. The van der Waals surface area contributed by atoms with Crippen LogP contribution >= 0.6 is 0 Å². The van der Waals surface area contributed by atoms with Crippen molar-refractivity contribution in [3.63, 3.8) is 0 Å². The molecule has 0 aromatic heterocycles. The molecule has 1 aromatic carbocycles. The number of carbonyl (C=O) groups excluding carboxylic acids is 2. The summed E-state index contributed by atoms with van der Waals surface area (Å²) in [6, 6.07) is 7.18. The molecule has 1 heterocycles. The van der Waals surface area contributed by atoms with E-state index in [2.05, 4.69) is 10.6 Å². The Kier molecular flexibility index (Phi) is 5.03. The fraction of sp³-hybridized carbons (Fsp3) is 0.471. The SMILES string of the molecule is CCC(CC)(CNC(=O)C1CC(=O)Nc2ccccc21)C(=O)O. The molecule has 1 aromatic rings. The number of nitrogens with one attached hydrogen (secondary N) is 2. The average Bonchev–Trinajstić information content (AvgIpc) is 2.54. The van der Waals surface area contributed by atoms with Crippen molar-refractivity contribution in [3.05, 3.63) is 29.8 Å². The van der Waals surface area contributed by atoms with Gasteiger partial charge in [-0.15, -0.1) is 0 Å². The van der Waals surface area contributed by atoms with Crippen molar-refractivity contribution in [1.29, 1.82) is 0 Å². The van der Waals surface area contributed by atoms with Gasteiger partial charge < -0.3 is 15.7 Å². The number of benzene rings is 1. The Morgan fingerprint density at radius 2 is 1.96 bits per heavy atom. The van der Waals surface area contributed by atoms with Gasteiger partial charge in [0.15, 0.2) is 0 Å². The van der Waals surface area contributed by atoms with Crippen LogP contribution in [0.4, 0.5) is 5.69 Å². The van der Waals surface area contributed by atoms with Gasteiger partial charge in [-0.05, 0) is 24.5 Å². The van der Waals surface area contributed by atoms with E-state index in [1.54, 1.807) is 26.0 Å². The normalized spacial score (nSPS) is 17.1. The predicted molar refractivity (Wildman–Crippen MR) is 86.1 cm³/mol. The predicted octanol–water partition coefficient (Wildman–Crippen LogP) is 2.12. The molecule has 6 heteroatoms. The molecule has 0 aliphatic carbocycles. The monoisotopic (exact) mass is 318 g/mol. The van der Waals surface area contributed by atoms with Gasteiger partial charge in [0, 0.05) is 18.7 Å². The summed E-state index contributed by atoms with van der Waals surface area (Å²) in [4.78, 5) is 35.8. The fourth-order valence-electron chi connectivity index (χ4n) is 2.90. The topological polar surface area (TPSA) is 95.5 Å². The third kappa shape index (κ3) is 3.36. The summed E-state index contributed by atoms with van der Waals surface area (Å²) in [6.45, 7) is 3.66. The van der Waals surface area contributed by atoms with E-state index in [1.165, 1.54) is 0 Å². The van der Waals surface area contributed by atoms with Crippen LogP contribution in [0.25, 0.3) is 0 Å². The van der Waals surface area contributed by atoms with E-state index in [1.807, 2.05) is 12.1 Å². The molecule has 0 radical (unpaired) electrons. The lowest BCUT2D eigenvalue weighted by molar-refractivity contribution is -0.149. The zero-order valence-corrected chi connectivity index (χ0v) is 13.4. The maximum atomic E-state index is 12.5. The highest BCUT2D eigenvalue weighted by Gasteiger charge is 2.37. The molecule has 3 N–H and O–H groups in total. The molecule has 0 saturated heterocycles. The zero-order chi connectivity index (χ0) is 17.0. The molecule has 0 spiro atoms. The van der Waals surface area contributed by atoms with Crippen LogP contribution in [0.1, 0.15) is 44.6 Å². The Balaban J connectivity index is 2.15. The van der Waals surface area contributed by atoms with Gasteiger partial charge >= 0.3 is 5.97 Å². The number of hydrogen-bond donors (Lipinski definition) is 3. The van der Waals surface area contributed by atoms with Gasteiger partial charge in [-0.3, -0.25) is 14.4 Å². The Hall–Kier alpha value is -2.37. The van der Waals surface area contributed by atoms with Gasteiger partial charge in [0.05, 0.1) is 11.3 Å². The summed E-state index contributed by atoms with van der Waals surface area (Å²) in [5.74, 6) is -2.01. The zero-order valence-electron chi connectivity index (χ0n) is 13.4. The van der Waals surface area contributed by atoms with Crippen LogP contribution in [0.2, 0.25) is 0 Å². The number of aliphatic carboxylic acids is 1. The smallest absolute Gasteiger partial charge is 0.311 e. The van der Waals surface area contributed by atoms with Crippen LogP contribution in [-0.4, -0.2) is 29.4 Å². The van der Waals surface area contributed by atoms with Gasteiger partial charge in [0.2, 0.25) is 11.8 Å². The van der Waals surface area contributed by atoms with E-state index in [0.717, 1.165) is 5.56 Å². The van der Waals surface area contributed by atoms with Crippen molar-refractivity contribution in [2.24, 2.45) is 5.41 Å². The molecule has 6 nitrogen and oxygen atoms in total. The van der Waals surface area contributed by atoms with E-state index in [4.69, 9.17) is 0 Å². The van der Waals surface area contributed by atoms with Gasteiger partial charge in [-0.2, -0.15) is 0 Å². The molecule has 0 saturated carbocycles. The summed E-state index contributed by atoms with van der Waals surface area (Å²) >= 11 is 0. The van der Waals surface area contributed by atoms with Crippen molar-refractivity contribution in [2.75, 3.05) is 11.9 Å². The Morgan fingerprint density at radius 3 is 2.57 bits per heavy atom. The molecule has 1 aliphatic rings. The van der Waals surface area contributed by atoms with Gasteiger partial charge in [0.1, 0.15) is 0 Å². The van der Waals surface area contributed by atoms with E-state index < -0.39 is 17.3 Å². The molecule has 1 atom stereocenters. The molecule has 23 heavy (non-hydrogen) atoms. The van der Waals surface area contributed by atoms with Crippen molar-refractivity contribution in [2.45, 2.75) is 39.0 Å². The molecule has 2 rings (SSSR count). The number of rotatable bonds is 6. The minimum atomic E-state index is -0.966. The lowest BCUT2D eigenvalue weighted by Crippen LogP contribution is -2.44. The maximum absolute atomic E-state index is 12.5. The highest BCUT2D eigenvalue weighted by atomic mass is 16.4. The summed E-state index contributed by atoms with van der Waals surface area (Å²) in [7, 11) is 0. The van der Waals surface area contributed by atoms with E-state index in [9.17, 15) is 19.5 Å². The molecule has 1 unspecified atom stereocenters. The number of amides is 2. The second-order valence-electron chi connectivity index (χ2n) is 5.90. The van der Waals surface area contributed by atoms with Crippen LogP contribution in [-0.2, 0) is 14.4 Å². The van der Waals surface area contributed by atoms with Gasteiger partial charge in [-0.25, -0.2) is 0 Å². The van der Waals surface area contributed by atoms with Crippen LogP contribution in [0.5, 0.6) is 0 Å². The van der Waals surface area contributed by atoms with Crippen LogP contribution < -0.4 is 10.6 Å². The molecule has 2 amide bonds. The summed E-state index contributed by atoms with van der Waals surface area (Å²) < 4.78 is 0. The van der Waals surface area contributed by atoms with Crippen molar-refractivity contribution in [3.8, 4) is 0 Å². The lowest BCUT2D eigenvalue weighted by atomic mass is 9.82. The molecular weight excluding hydrogens is 296 g/mol. The Labute approximate surface area is 135 Å². The number of carbonyl (C=O) groups is 3. The first-order valence-electron chi connectivity index (χ1n) is 7.83. The molecular formula is C17H22N2O4. The highest BCUT2D eigenvalue weighted by Crippen LogP contribution is 2.32.